The molecule has 1 aliphatic rings. The van der Waals surface area contributed by atoms with Crippen LogP contribution in [0.3, 0.4) is 0 Å². The van der Waals surface area contributed by atoms with E-state index < -0.39 is 0 Å². The number of hydrogen-bond acceptors (Lipinski definition) is 4. The molecule has 0 saturated carbocycles. The summed E-state index contributed by atoms with van der Waals surface area (Å²) >= 11 is 0. The number of methoxy groups -OCH3 is 1. The predicted molar refractivity (Wildman–Crippen MR) is 139 cm³/mol. The van der Waals surface area contributed by atoms with Gasteiger partial charge in [0.05, 0.1) is 12.7 Å². The third-order valence-corrected chi connectivity index (χ3v) is 5.09. The van der Waals surface area contributed by atoms with Crippen molar-refractivity contribution in [2.75, 3.05) is 53.1 Å². The lowest BCUT2D eigenvalue weighted by atomic mass is 10.1. The molecule has 0 atom stereocenters. The number of ether oxygens (including phenoxy) is 3. The first-order valence-corrected chi connectivity index (χ1v) is 11.5. The Kier molecular flexibility index (Phi) is 14.9. The average Bonchev–Trinajstić information content (AvgIpc) is 2.76. The fourth-order valence-corrected chi connectivity index (χ4v) is 3.42. The van der Waals surface area contributed by atoms with Crippen molar-refractivity contribution in [3.63, 3.8) is 0 Å². The molecule has 0 bridgehead atoms. The van der Waals surface area contributed by atoms with E-state index in [0.29, 0.717) is 12.0 Å². The van der Waals surface area contributed by atoms with Crippen molar-refractivity contribution in [1.29, 1.82) is 0 Å². The van der Waals surface area contributed by atoms with Gasteiger partial charge in [0.25, 0.3) is 0 Å². The maximum Gasteiger partial charge on any atom is 0.193 e. The fourth-order valence-electron chi connectivity index (χ4n) is 3.42. The summed E-state index contributed by atoms with van der Waals surface area (Å²) in [6.07, 6.45) is 4.35. The van der Waals surface area contributed by atoms with Crippen molar-refractivity contribution in [3.8, 4) is 5.75 Å². The monoisotopic (exact) mass is 547 g/mol. The van der Waals surface area contributed by atoms with E-state index in [1.807, 2.05) is 0 Å². The molecular formula is C24H42IN3O3. The highest BCUT2D eigenvalue weighted by atomic mass is 127. The Labute approximate surface area is 206 Å². The molecule has 1 aliphatic heterocycles. The van der Waals surface area contributed by atoms with Gasteiger partial charge in [-0.3, -0.25) is 4.99 Å². The molecule has 1 aromatic rings. The molecule has 0 spiro atoms. The van der Waals surface area contributed by atoms with Crippen LogP contribution in [-0.4, -0.2) is 70.1 Å². The van der Waals surface area contributed by atoms with Crippen molar-refractivity contribution < 1.29 is 14.2 Å². The number of benzene rings is 1. The maximum atomic E-state index is 5.97. The van der Waals surface area contributed by atoms with Crippen LogP contribution >= 0.6 is 24.0 Å². The highest BCUT2D eigenvalue weighted by Crippen LogP contribution is 2.15. The molecule has 7 heteroatoms. The second-order valence-electron chi connectivity index (χ2n) is 8.24. The van der Waals surface area contributed by atoms with Crippen molar-refractivity contribution in [2.24, 2.45) is 10.9 Å². The van der Waals surface area contributed by atoms with Gasteiger partial charge < -0.3 is 24.4 Å². The normalized spacial score (nSPS) is 15.1. The van der Waals surface area contributed by atoms with Crippen molar-refractivity contribution >= 4 is 29.9 Å². The van der Waals surface area contributed by atoms with Crippen molar-refractivity contribution in [3.05, 3.63) is 29.8 Å². The summed E-state index contributed by atoms with van der Waals surface area (Å²) in [7, 11) is 1.73. The molecule has 31 heavy (non-hydrogen) atoms. The maximum absolute atomic E-state index is 5.97. The van der Waals surface area contributed by atoms with E-state index in [-0.39, 0.29) is 24.0 Å². The number of piperidine rings is 1. The molecule has 0 aliphatic carbocycles. The van der Waals surface area contributed by atoms with Gasteiger partial charge in [-0.05, 0) is 56.2 Å². The minimum absolute atomic E-state index is 0. The number of hydrogen-bond donors (Lipinski definition) is 1. The summed E-state index contributed by atoms with van der Waals surface area (Å²) < 4.78 is 16.8. The van der Waals surface area contributed by atoms with Gasteiger partial charge in [0.2, 0.25) is 0 Å². The second kappa shape index (κ2) is 16.6. The first kappa shape index (κ1) is 28.0. The zero-order valence-corrected chi connectivity index (χ0v) is 22.1. The molecule has 0 unspecified atom stereocenters. The standard InChI is InChI=1S/C24H41N3O3.HI/c1-5-25-24(27-15-12-23(13-16-27)29-18-6-17-28-4)26-14-11-21-7-9-22(10-8-21)30-19-20(2)3;/h7-10,20,23H,5-6,11-19H2,1-4H3,(H,25,26);1H. The molecule has 1 aromatic carbocycles. The van der Waals surface area contributed by atoms with Crippen LogP contribution in [0.2, 0.25) is 0 Å². The number of rotatable bonds is 12. The van der Waals surface area contributed by atoms with Crippen molar-refractivity contribution in [1.82, 2.24) is 10.2 Å². The van der Waals surface area contributed by atoms with Crippen LogP contribution in [0.25, 0.3) is 0 Å². The molecule has 2 rings (SSSR count). The minimum atomic E-state index is 0. The Bertz CT molecular complexity index is 603. The molecule has 1 fully saturated rings. The van der Waals surface area contributed by atoms with Crippen LogP contribution in [-0.2, 0) is 15.9 Å². The molecule has 1 N–H and O–H groups in total. The molecular weight excluding hydrogens is 505 g/mol. The Morgan fingerprint density at radius 3 is 2.48 bits per heavy atom. The smallest absolute Gasteiger partial charge is 0.193 e. The van der Waals surface area contributed by atoms with E-state index in [4.69, 9.17) is 19.2 Å². The summed E-state index contributed by atoms with van der Waals surface area (Å²) in [6, 6.07) is 8.41. The lowest BCUT2D eigenvalue weighted by Gasteiger charge is -2.34. The second-order valence-corrected chi connectivity index (χ2v) is 8.24. The average molecular weight is 548 g/mol. The highest BCUT2D eigenvalue weighted by molar-refractivity contribution is 14.0. The summed E-state index contributed by atoms with van der Waals surface area (Å²) in [5.41, 5.74) is 1.29. The van der Waals surface area contributed by atoms with Gasteiger partial charge in [-0.15, -0.1) is 24.0 Å². The summed E-state index contributed by atoms with van der Waals surface area (Å²) in [5, 5.41) is 3.45. The van der Waals surface area contributed by atoms with E-state index in [0.717, 1.165) is 83.4 Å². The number of aliphatic imine (C=N–C) groups is 1. The molecule has 0 aromatic heterocycles. The number of nitrogens with zero attached hydrogens (tertiary/aromatic N) is 2. The van der Waals surface area contributed by atoms with Gasteiger partial charge in [0.1, 0.15) is 5.75 Å². The lowest BCUT2D eigenvalue weighted by Crippen LogP contribution is -2.47. The van der Waals surface area contributed by atoms with Gasteiger partial charge in [0.15, 0.2) is 5.96 Å². The zero-order valence-electron chi connectivity index (χ0n) is 19.8. The predicted octanol–water partition coefficient (Wildman–Crippen LogP) is 4.36. The first-order valence-electron chi connectivity index (χ1n) is 11.5. The number of likely N-dealkylation sites (tertiary alicyclic amines) is 1. The Balaban J connectivity index is 0.00000480. The van der Waals surface area contributed by atoms with E-state index in [1.165, 1.54) is 5.56 Å². The number of guanidine groups is 1. The minimum Gasteiger partial charge on any atom is -0.493 e. The van der Waals surface area contributed by atoms with Crippen LogP contribution in [0.1, 0.15) is 45.6 Å². The first-order chi connectivity index (χ1) is 14.6. The third kappa shape index (κ3) is 11.4. The van der Waals surface area contributed by atoms with E-state index in [9.17, 15) is 0 Å². The zero-order chi connectivity index (χ0) is 21.6. The Hall–Kier alpha value is -1.06. The number of nitrogens with one attached hydrogen (secondary N) is 1. The highest BCUT2D eigenvalue weighted by Gasteiger charge is 2.21. The third-order valence-electron chi connectivity index (χ3n) is 5.09. The molecule has 178 valence electrons. The van der Waals surface area contributed by atoms with Crippen LogP contribution < -0.4 is 10.1 Å². The molecule has 6 nitrogen and oxygen atoms in total. The fraction of sp³-hybridized carbons (Fsp3) is 0.708. The topological polar surface area (TPSA) is 55.3 Å². The van der Waals surface area contributed by atoms with Gasteiger partial charge in [-0.1, -0.05) is 26.0 Å². The Morgan fingerprint density at radius 2 is 1.87 bits per heavy atom. The Morgan fingerprint density at radius 1 is 1.16 bits per heavy atom. The molecule has 0 radical (unpaired) electrons. The number of halogens is 1. The molecule has 1 saturated heterocycles. The van der Waals surface area contributed by atoms with Gasteiger partial charge in [0, 0.05) is 46.5 Å². The molecule has 0 amide bonds. The van der Waals surface area contributed by atoms with Gasteiger partial charge in [-0.2, -0.15) is 0 Å². The van der Waals surface area contributed by atoms with E-state index >= 15 is 0 Å². The van der Waals surface area contributed by atoms with Gasteiger partial charge in [-0.25, -0.2) is 0 Å². The van der Waals surface area contributed by atoms with Gasteiger partial charge >= 0.3 is 0 Å². The summed E-state index contributed by atoms with van der Waals surface area (Å²) in [5.74, 6) is 2.50. The largest absolute Gasteiger partial charge is 0.493 e. The summed E-state index contributed by atoms with van der Waals surface area (Å²) in [4.78, 5) is 7.23. The lowest BCUT2D eigenvalue weighted by molar-refractivity contribution is 0.00991. The van der Waals surface area contributed by atoms with Crippen LogP contribution in [0.4, 0.5) is 0 Å². The van der Waals surface area contributed by atoms with E-state index in [2.05, 4.69) is 55.3 Å². The quantitative estimate of drug-likeness (QED) is 0.182. The van der Waals surface area contributed by atoms with Crippen LogP contribution in [0.15, 0.2) is 29.3 Å². The van der Waals surface area contributed by atoms with Crippen molar-refractivity contribution in [2.45, 2.75) is 52.6 Å². The SMILES string of the molecule is CCNC(=NCCc1ccc(OCC(C)C)cc1)N1CCC(OCCCOC)CC1.I. The van der Waals surface area contributed by atoms with Crippen LogP contribution in [0.5, 0.6) is 5.75 Å². The molecule has 1 heterocycles. The van der Waals surface area contributed by atoms with E-state index in [1.54, 1.807) is 7.11 Å². The van der Waals surface area contributed by atoms with Crippen LogP contribution in [0, 0.1) is 5.92 Å². The summed E-state index contributed by atoms with van der Waals surface area (Å²) in [6.45, 7) is 12.4.